The van der Waals surface area contributed by atoms with Crippen LogP contribution in [-0.2, 0) is 21.4 Å². The first-order valence-electron chi connectivity index (χ1n) is 5.98. The van der Waals surface area contributed by atoms with Gasteiger partial charge in [-0.05, 0) is 12.1 Å². The lowest BCUT2D eigenvalue weighted by molar-refractivity contribution is 0.0579. The van der Waals surface area contributed by atoms with Gasteiger partial charge < -0.3 is 9.47 Å². The molecule has 0 saturated carbocycles. The Hall–Kier alpha value is -1.24. The van der Waals surface area contributed by atoms with Gasteiger partial charge in [0, 0.05) is 12.8 Å². The Morgan fingerprint density at radius 2 is 1.84 bits per heavy atom. The number of hydrogen-bond acceptors (Lipinski definition) is 4. The summed E-state index contributed by atoms with van der Waals surface area (Å²) in [7, 11) is 1.65. The lowest BCUT2D eigenvalue weighted by atomic mass is 10.3. The maximum atomic E-state index is 5.52. The van der Waals surface area contributed by atoms with Crippen molar-refractivity contribution in [2.75, 3.05) is 20.3 Å². The first-order chi connectivity index (χ1) is 9.36. The molecule has 0 fully saturated rings. The lowest BCUT2D eigenvalue weighted by Crippen LogP contribution is -2.08. The van der Waals surface area contributed by atoms with E-state index in [1.165, 1.54) is 0 Å². The van der Waals surface area contributed by atoms with Crippen molar-refractivity contribution in [1.82, 2.24) is 14.8 Å². The van der Waals surface area contributed by atoms with Crippen LogP contribution in [0.2, 0.25) is 0 Å². The van der Waals surface area contributed by atoms with Gasteiger partial charge in [0.25, 0.3) is 0 Å². The van der Waals surface area contributed by atoms with E-state index in [0.29, 0.717) is 25.2 Å². The number of methoxy groups -OCH3 is 1. The van der Waals surface area contributed by atoms with Gasteiger partial charge in [-0.25, -0.2) is 0 Å². The van der Waals surface area contributed by atoms with E-state index < -0.39 is 0 Å². The standard InChI is InChI=1S/C13H16BrN3O2/c1-18-7-8-19-10-13-16-15-12(9-14)17(13)11-5-3-2-4-6-11/h2-6H,7-10H2,1H3. The van der Waals surface area contributed by atoms with E-state index in [0.717, 1.165) is 17.3 Å². The Bertz CT molecular complexity index is 502. The molecule has 0 atom stereocenters. The van der Waals surface area contributed by atoms with Crippen LogP contribution in [0, 0.1) is 0 Å². The molecule has 0 radical (unpaired) electrons. The normalized spacial score (nSPS) is 10.8. The van der Waals surface area contributed by atoms with Gasteiger partial charge in [0.2, 0.25) is 0 Å². The summed E-state index contributed by atoms with van der Waals surface area (Å²) in [6.45, 7) is 1.53. The largest absolute Gasteiger partial charge is 0.382 e. The maximum absolute atomic E-state index is 5.52. The van der Waals surface area contributed by atoms with Crippen LogP contribution >= 0.6 is 15.9 Å². The van der Waals surface area contributed by atoms with Crippen molar-refractivity contribution in [1.29, 1.82) is 0 Å². The first-order valence-corrected chi connectivity index (χ1v) is 7.10. The molecule has 2 rings (SSSR count). The Morgan fingerprint density at radius 3 is 2.53 bits per heavy atom. The number of nitrogens with zero attached hydrogens (tertiary/aromatic N) is 3. The highest BCUT2D eigenvalue weighted by Crippen LogP contribution is 2.15. The van der Waals surface area contributed by atoms with Crippen LogP contribution in [0.25, 0.3) is 5.69 Å². The van der Waals surface area contributed by atoms with E-state index >= 15 is 0 Å². The minimum Gasteiger partial charge on any atom is -0.382 e. The van der Waals surface area contributed by atoms with Gasteiger partial charge in [-0.2, -0.15) is 0 Å². The molecule has 6 heteroatoms. The second-order valence-electron chi connectivity index (χ2n) is 3.88. The molecule has 1 aromatic carbocycles. The monoisotopic (exact) mass is 325 g/mol. The molecule has 0 saturated heterocycles. The zero-order valence-electron chi connectivity index (χ0n) is 10.8. The molecule has 0 aliphatic carbocycles. The zero-order valence-corrected chi connectivity index (χ0v) is 12.3. The molecule has 0 amide bonds. The number of hydrogen-bond donors (Lipinski definition) is 0. The van der Waals surface area contributed by atoms with Gasteiger partial charge in [0.15, 0.2) is 5.82 Å². The van der Waals surface area contributed by atoms with Crippen molar-refractivity contribution >= 4 is 15.9 Å². The van der Waals surface area contributed by atoms with Gasteiger partial charge in [-0.1, -0.05) is 34.1 Å². The highest BCUT2D eigenvalue weighted by atomic mass is 79.9. The fraction of sp³-hybridized carbons (Fsp3) is 0.385. The zero-order chi connectivity index (χ0) is 13.5. The molecule has 0 N–H and O–H groups in total. The third kappa shape index (κ3) is 3.62. The quantitative estimate of drug-likeness (QED) is 0.579. The Labute approximate surface area is 120 Å². The molecule has 0 bridgehead atoms. The van der Waals surface area contributed by atoms with Crippen LogP contribution in [0.3, 0.4) is 0 Å². The maximum Gasteiger partial charge on any atom is 0.163 e. The van der Waals surface area contributed by atoms with Crippen LogP contribution in [0.1, 0.15) is 11.6 Å². The molecule has 0 aliphatic heterocycles. The minimum atomic E-state index is 0.415. The molecular weight excluding hydrogens is 310 g/mol. The Kier molecular flexibility index (Phi) is 5.50. The smallest absolute Gasteiger partial charge is 0.163 e. The molecule has 0 aliphatic rings. The summed E-state index contributed by atoms with van der Waals surface area (Å²) >= 11 is 3.43. The van der Waals surface area contributed by atoms with Gasteiger partial charge in [0.05, 0.1) is 18.5 Å². The third-order valence-electron chi connectivity index (χ3n) is 2.59. The number of para-hydroxylation sites is 1. The van der Waals surface area contributed by atoms with Crippen LogP contribution in [0.5, 0.6) is 0 Å². The minimum absolute atomic E-state index is 0.415. The average Bonchev–Trinajstić information content (AvgIpc) is 2.87. The molecule has 19 heavy (non-hydrogen) atoms. The summed E-state index contributed by atoms with van der Waals surface area (Å²) < 4.78 is 12.5. The number of halogens is 1. The summed E-state index contributed by atoms with van der Waals surface area (Å²) in [4.78, 5) is 0. The predicted molar refractivity (Wildman–Crippen MR) is 75.5 cm³/mol. The molecule has 102 valence electrons. The van der Waals surface area contributed by atoms with Crippen molar-refractivity contribution in [3.63, 3.8) is 0 Å². The Balaban J connectivity index is 2.18. The van der Waals surface area contributed by atoms with Crippen LogP contribution < -0.4 is 0 Å². The summed E-state index contributed by atoms with van der Waals surface area (Å²) in [6.07, 6.45) is 0. The van der Waals surface area contributed by atoms with E-state index in [4.69, 9.17) is 9.47 Å². The summed E-state index contributed by atoms with van der Waals surface area (Å²) in [5.41, 5.74) is 1.03. The van der Waals surface area contributed by atoms with Crippen molar-refractivity contribution < 1.29 is 9.47 Å². The van der Waals surface area contributed by atoms with Crippen LogP contribution in [-0.4, -0.2) is 35.1 Å². The van der Waals surface area contributed by atoms with Crippen LogP contribution in [0.4, 0.5) is 0 Å². The number of ether oxygens (including phenoxy) is 2. The SMILES string of the molecule is COCCOCc1nnc(CBr)n1-c1ccccc1. The highest BCUT2D eigenvalue weighted by Gasteiger charge is 2.12. The predicted octanol–water partition coefficient (Wildman–Crippen LogP) is 2.33. The Morgan fingerprint density at radius 1 is 1.11 bits per heavy atom. The van der Waals surface area contributed by atoms with E-state index in [1.807, 2.05) is 34.9 Å². The number of rotatable bonds is 7. The van der Waals surface area contributed by atoms with Crippen molar-refractivity contribution in [2.45, 2.75) is 11.9 Å². The number of alkyl halides is 1. The topological polar surface area (TPSA) is 49.2 Å². The molecule has 0 spiro atoms. The van der Waals surface area contributed by atoms with E-state index in [2.05, 4.69) is 26.1 Å². The summed E-state index contributed by atoms with van der Waals surface area (Å²) in [5.74, 6) is 1.65. The van der Waals surface area contributed by atoms with Crippen molar-refractivity contribution in [3.8, 4) is 5.69 Å². The van der Waals surface area contributed by atoms with Crippen LogP contribution in [0.15, 0.2) is 30.3 Å². The van der Waals surface area contributed by atoms with Gasteiger partial charge in [0.1, 0.15) is 12.4 Å². The average molecular weight is 326 g/mol. The fourth-order valence-electron chi connectivity index (χ4n) is 1.71. The number of aromatic nitrogens is 3. The van der Waals surface area contributed by atoms with Crippen molar-refractivity contribution in [3.05, 3.63) is 42.0 Å². The second kappa shape index (κ2) is 7.37. The molecule has 2 aromatic rings. The van der Waals surface area contributed by atoms with E-state index in [1.54, 1.807) is 7.11 Å². The first kappa shape index (κ1) is 14.2. The molecule has 1 heterocycles. The lowest BCUT2D eigenvalue weighted by Gasteiger charge is -2.09. The van der Waals surface area contributed by atoms with Gasteiger partial charge in [-0.3, -0.25) is 4.57 Å². The summed E-state index contributed by atoms with van der Waals surface area (Å²) in [5, 5.41) is 8.99. The third-order valence-corrected chi connectivity index (χ3v) is 3.10. The summed E-state index contributed by atoms with van der Waals surface area (Å²) in [6, 6.07) is 10.0. The van der Waals surface area contributed by atoms with Crippen molar-refractivity contribution in [2.24, 2.45) is 0 Å². The van der Waals surface area contributed by atoms with Gasteiger partial charge >= 0.3 is 0 Å². The number of benzene rings is 1. The molecule has 1 aromatic heterocycles. The van der Waals surface area contributed by atoms with E-state index in [-0.39, 0.29) is 0 Å². The molecule has 0 unspecified atom stereocenters. The fourth-order valence-corrected chi connectivity index (χ4v) is 2.08. The highest BCUT2D eigenvalue weighted by molar-refractivity contribution is 9.08. The van der Waals surface area contributed by atoms with E-state index in [9.17, 15) is 0 Å². The molecule has 5 nitrogen and oxygen atoms in total. The van der Waals surface area contributed by atoms with Gasteiger partial charge in [-0.15, -0.1) is 10.2 Å². The second-order valence-corrected chi connectivity index (χ2v) is 4.44. The molecular formula is C13H16BrN3O2.